The third-order valence-corrected chi connectivity index (χ3v) is 13.8. The highest BCUT2D eigenvalue weighted by Gasteiger charge is 2.46. The number of carbonyl (C=O) groups is 4. The van der Waals surface area contributed by atoms with Gasteiger partial charge in [-0.3, -0.25) is 39.1 Å². The average Bonchev–Trinajstić information content (AvgIpc) is 3.89. The van der Waals surface area contributed by atoms with E-state index in [4.69, 9.17) is 9.97 Å². The van der Waals surface area contributed by atoms with Crippen molar-refractivity contribution >= 4 is 57.7 Å². The summed E-state index contributed by atoms with van der Waals surface area (Å²) < 4.78 is 3.23. The Morgan fingerprint density at radius 3 is 2.41 bits per heavy atom. The van der Waals surface area contributed by atoms with Crippen LogP contribution < -0.4 is 26.0 Å². The Hall–Kier alpha value is -6.72. The van der Waals surface area contributed by atoms with E-state index in [0.29, 0.717) is 77.2 Å². The second-order valence-corrected chi connectivity index (χ2v) is 17.5. The van der Waals surface area contributed by atoms with Crippen molar-refractivity contribution < 1.29 is 24.3 Å². The van der Waals surface area contributed by atoms with Gasteiger partial charge < -0.3 is 20.2 Å². The third kappa shape index (κ3) is 7.21. The van der Waals surface area contributed by atoms with Crippen LogP contribution in [0.2, 0.25) is 0 Å². The van der Waals surface area contributed by atoms with Crippen LogP contribution in [0.4, 0.5) is 23.0 Å². The molecule has 1 unspecified atom stereocenters. The highest BCUT2D eigenvalue weighted by Crippen LogP contribution is 2.39. The van der Waals surface area contributed by atoms with Crippen LogP contribution in [0.15, 0.2) is 78.2 Å². The van der Waals surface area contributed by atoms with E-state index in [1.54, 1.807) is 22.9 Å². The molecule has 17 nitrogen and oxygen atoms in total. The van der Waals surface area contributed by atoms with Crippen molar-refractivity contribution in [1.82, 2.24) is 39.4 Å². The van der Waals surface area contributed by atoms with Gasteiger partial charge in [0.15, 0.2) is 11.5 Å². The fourth-order valence-corrected chi connectivity index (χ4v) is 10.2. The molecule has 7 heterocycles. The average molecular weight is 866 g/mol. The van der Waals surface area contributed by atoms with E-state index in [1.165, 1.54) is 10.9 Å². The number of hydrogen-bond donors (Lipinski definition) is 3. The Balaban J connectivity index is 0.750. The fourth-order valence-electron chi connectivity index (χ4n) is 10.2. The normalized spacial score (nSPS) is 21.7. The maximum absolute atomic E-state index is 13.7. The minimum Gasteiger partial charge on any atom is -0.384 e. The summed E-state index contributed by atoms with van der Waals surface area (Å²) in [6.45, 7) is 12.0. The van der Waals surface area contributed by atoms with Crippen LogP contribution in [0.5, 0.6) is 0 Å². The fraction of sp³-hybridized carbons (Fsp3) is 0.404. The lowest BCUT2D eigenvalue weighted by Gasteiger charge is -2.40. The molecule has 3 N–H and O–H groups in total. The Kier molecular flexibility index (Phi) is 10.6. The largest absolute Gasteiger partial charge is 0.384 e. The van der Waals surface area contributed by atoms with Crippen molar-refractivity contribution in [2.45, 2.75) is 70.1 Å². The van der Waals surface area contributed by atoms with Gasteiger partial charge in [0.05, 0.1) is 29.1 Å². The maximum atomic E-state index is 13.7. The SMILES string of the molecule is C=CCn1c(=O)c2cnc(Nc3ccc(N4CCC(CN5CCN(c6cccc7c6C(=O)N(C6CCC(=O)NC6=O)C7=O)CC5)CC4)cc3)nc2n1-c1ccc2c(n1)[C@@](O)(CC)CC2. The van der Waals surface area contributed by atoms with E-state index in [0.717, 1.165) is 73.8 Å². The first kappa shape index (κ1) is 41.3. The minimum absolute atomic E-state index is 0.0851. The van der Waals surface area contributed by atoms with Gasteiger partial charge >= 0.3 is 0 Å². The van der Waals surface area contributed by atoms with Gasteiger partial charge in [-0.15, -0.1) is 6.58 Å². The molecule has 0 spiro atoms. The summed E-state index contributed by atoms with van der Waals surface area (Å²) in [6, 6.07) is 16.4. The van der Waals surface area contributed by atoms with Gasteiger partial charge in [-0.25, -0.2) is 19.3 Å². The molecule has 1 aliphatic carbocycles. The first-order valence-corrected chi connectivity index (χ1v) is 22.3. The third-order valence-electron chi connectivity index (χ3n) is 13.8. The summed E-state index contributed by atoms with van der Waals surface area (Å²) in [4.78, 5) is 87.2. The molecule has 17 heteroatoms. The Morgan fingerprint density at radius 2 is 1.67 bits per heavy atom. The molecule has 3 aromatic heterocycles. The standard InChI is InChI=1S/C47H51N11O6/c1-3-20-56-43(61)34-27-48-46(52-41(34)58(56)37-14-8-30-16-19-47(64,4-2)40(30)50-37)49-31-9-11-32(12-10-31)54-21-17-29(18-22-54)28-53-23-25-55(26-24-53)35-7-5-6-33-39(35)45(63)57(44(33)62)36-13-15-38(59)51-42(36)60/h3,5-12,14,27,29,36,64H,1,4,13,15-26,28H2,2H3,(H,48,49,52)(H,51,59,60)/t36?,47-/m1/s1. The highest BCUT2D eigenvalue weighted by atomic mass is 16.3. The summed E-state index contributed by atoms with van der Waals surface area (Å²) in [5.41, 5.74) is 4.12. The van der Waals surface area contributed by atoms with Gasteiger partial charge in [0.1, 0.15) is 17.0 Å². The minimum atomic E-state index is -1.01. The van der Waals surface area contributed by atoms with Crippen LogP contribution in [0, 0.1) is 5.92 Å². The second kappa shape index (κ2) is 16.4. The molecule has 4 amide bonds. The molecular weight excluding hydrogens is 815 g/mol. The lowest BCUT2D eigenvalue weighted by Crippen LogP contribution is -2.54. The monoisotopic (exact) mass is 865 g/mol. The number of nitrogens with zero attached hydrogens (tertiary/aromatic N) is 9. The van der Waals surface area contributed by atoms with Crippen LogP contribution in [0.3, 0.4) is 0 Å². The number of pyridine rings is 1. The number of aromatic nitrogens is 5. The molecule has 2 atom stereocenters. The quantitative estimate of drug-likeness (QED) is 0.128. The molecule has 5 aliphatic rings. The van der Waals surface area contributed by atoms with Crippen molar-refractivity contribution in [2.75, 3.05) is 60.9 Å². The Labute approximate surface area is 369 Å². The molecule has 4 aliphatic heterocycles. The van der Waals surface area contributed by atoms with Gasteiger partial charge in [0.2, 0.25) is 17.8 Å². The number of carbonyl (C=O) groups excluding carboxylic acids is 4. The number of amides is 4. The summed E-state index contributed by atoms with van der Waals surface area (Å²) in [7, 11) is 0. The number of aryl methyl sites for hydroxylation is 1. The van der Waals surface area contributed by atoms with Crippen molar-refractivity contribution in [3.05, 3.63) is 106 Å². The number of allylic oxidation sites excluding steroid dienone is 1. The number of piperidine rings is 2. The zero-order valence-electron chi connectivity index (χ0n) is 35.8. The van der Waals surface area contributed by atoms with Crippen molar-refractivity contribution in [3.63, 3.8) is 0 Å². The zero-order valence-corrected chi connectivity index (χ0v) is 35.8. The topological polar surface area (TPSA) is 191 Å². The van der Waals surface area contributed by atoms with E-state index < -0.39 is 35.3 Å². The molecule has 0 saturated carbocycles. The molecule has 10 rings (SSSR count). The number of rotatable bonds is 11. The second-order valence-electron chi connectivity index (χ2n) is 17.5. The number of aliphatic hydroxyl groups is 1. The predicted molar refractivity (Wildman–Crippen MR) is 240 cm³/mol. The van der Waals surface area contributed by atoms with Gasteiger partial charge in [0.25, 0.3) is 17.4 Å². The highest BCUT2D eigenvalue weighted by molar-refractivity contribution is 6.25. The Morgan fingerprint density at radius 1 is 0.891 bits per heavy atom. The van der Waals surface area contributed by atoms with Crippen molar-refractivity contribution in [3.8, 4) is 5.82 Å². The smallest absolute Gasteiger partial charge is 0.278 e. The predicted octanol–water partition coefficient (Wildman–Crippen LogP) is 3.89. The summed E-state index contributed by atoms with van der Waals surface area (Å²) in [5, 5.41) is 17.2. The van der Waals surface area contributed by atoms with Gasteiger partial charge in [-0.2, -0.15) is 4.98 Å². The molecular formula is C47H51N11O6. The Bertz CT molecular complexity index is 2770. The van der Waals surface area contributed by atoms with Crippen molar-refractivity contribution in [1.29, 1.82) is 0 Å². The van der Waals surface area contributed by atoms with Gasteiger partial charge in [-0.1, -0.05) is 25.1 Å². The lowest BCUT2D eigenvalue weighted by atomic mass is 9.95. The number of nitrogens with one attached hydrogen (secondary N) is 2. The molecule has 2 aromatic carbocycles. The number of benzene rings is 2. The van der Waals surface area contributed by atoms with E-state index in [-0.39, 0.29) is 24.9 Å². The number of hydrogen-bond acceptors (Lipinski definition) is 13. The van der Waals surface area contributed by atoms with E-state index in [9.17, 15) is 29.1 Å². The summed E-state index contributed by atoms with van der Waals surface area (Å²) in [6.07, 6.45) is 7.45. The summed E-state index contributed by atoms with van der Waals surface area (Å²) >= 11 is 0. The molecule has 0 radical (unpaired) electrons. The number of anilines is 4. The number of imide groups is 2. The van der Waals surface area contributed by atoms with Crippen LogP contribution in [0.25, 0.3) is 16.9 Å². The molecule has 3 fully saturated rings. The maximum Gasteiger partial charge on any atom is 0.278 e. The van der Waals surface area contributed by atoms with E-state index in [1.807, 2.05) is 37.3 Å². The number of fused-ring (bicyclic) bond motifs is 3. The molecule has 3 saturated heterocycles. The molecule has 0 bridgehead atoms. The number of piperazine rings is 1. The first-order valence-electron chi connectivity index (χ1n) is 22.3. The lowest BCUT2D eigenvalue weighted by molar-refractivity contribution is -0.136. The molecule has 5 aromatic rings. The van der Waals surface area contributed by atoms with E-state index >= 15 is 0 Å². The van der Waals surface area contributed by atoms with Crippen LogP contribution in [0.1, 0.15) is 77.4 Å². The first-order chi connectivity index (χ1) is 31.0. The zero-order chi connectivity index (χ0) is 44.3. The van der Waals surface area contributed by atoms with E-state index in [2.05, 4.69) is 49.0 Å². The van der Waals surface area contributed by atoms with Crippen LogP contribution in [-0.4, -0.2) is 115 Å². The van der Waals surface area contributed by atoms with Crippen molar-refractivity contribution in [2.24, 2.45) is 5.92 Å². The van der Waals surface area contributed by atoms with Crippen LogP contribution in [-0.2, 0) is 28.2 Å². The van der Waals surface area contributed by atoms with Gasteiger partial charge in [0, 0.05) is 69.8 Å². The van der Waals surface area contributed by atoms with Crippen LogP contribution >= 0.6 is 0 Å². The molecule has 330 valence electrons. The molecule has 64 heavy (non-hydrogen) atoms. The summed E-state index contributed by atoms with van der Waals surface area (Å²) in [5.74, 6) is -0.574. The van der Waals surface area contributed by atoms with Gasteiger partial charge in [-0.05, 0) is 92.5 Å².